The Morgan fingerprint density at radius 2 is 1.86 bits per heavy atom. The number of benzene rings is 1. The van der Waals surface area contributed by atoms with Crippen LogP contribution in [0.5, 0.6) is 5.75 Å². The number of rotatable bonds is 11. The van der Waals surface area contributed by atoms with Gasteiger partial charge in [0.2, 0.25) is 0 Å². The van der Waals surface area contributed by atoms with E-state index in [1.807, 2.05) is 0 Å². The zero-order chi connectivity index (χ0) is 15.5. The Kier molecular flexibility index (Phi) is 9.41. The Morgan fingerprint density at radius 1 is 1.14 bits per heavy atom. The molecule has 118 valence electrons. The number of halogens is 2. The van der Waals surface area contributed by atoms with E-state index in [1.165, 1.54) is 12.1 Å². The molecule has 1 rings (SSSR count). The van der Waals surface area contributed by atoms with E-state index < -0.39 is 4.92 Å². The summed E-state index contributed by atoms with van der Waals surface area (Å²) < 4.78 is 5.72. The molecule has 7 heteroatoms. The molecule has 0 aliphatic rings. The highest BCUT2D eigenvalue weighted by molar-refractivity contribution is 9.09. The number of alkyl halides is 2. The smallest absolute Gasteiger partial charge is 0.271 e. The third-order valence-electron chi connectivity index (χ3n) is 2.84. The Hall–Kier alpha value is -0.820. The number of nitro groups is 1. The lowest BCUT2D eigenvalue weighted by molar-refractivity contribution is -0.384. The molecular weight excluding hydrogens is 404 g/mol. The first-order valence-electron chi connectivity index (χ1n) is 6.96. The van der Waals surface area contributed by atoms with Gasteiger partial charge in [-0.25, -0.2) is 0 Å². The topological polar surface area (TPSA) is 64.4 Å². The molecule has 0 saturated carbocycles. The number of ether oxygens (including phenoxy) is 1. The maximum atomic E-state index is 10.9. The van der Waals surface area contributed by atoms with Crippen LogP contribution in [0.15, 0.2) is 18.2 Å². The number of nitro benzene ring substituents is 1. The minimum absolute atomic E-state index is 0.0748. The Morgan fingerprint density at radius 3 is 2.52 bits per heavy atom. The van der Waals surface area contributed by atoms with Crippen LogP contribution in [0.4, 0.5) is 11.4 Å². The number of hydrogen-bond donors (Lipinski definition) is 1. The maximum absolute atomic E-state index is 10.9. The molecule has 0 radical (unpaired) electrons. The zero-order valence-electron chi connectivity index (χ0n) is 11.8. The van der Waals surface area contributed by atoms with Gasteiger partial charge in [0, 0.05) is 29.3 Å². The molecule has 1 aromatic rings. The van der Waals surface area contributed by atoms with Crippen molar-refractivity contribution in [2.45, 2.75) is 25.7 Å². The molecule has 5 nitrogen and oxygen atoms in total. The van der Waals surface area contributed by atoms with Gasteiger partial charge in [0.25, 0.3) is 5.69 Å². The van der Waals surface area contributed by atoms with Crippen molar-refractivity contribution in [1.29, 1.82) is 0 Å². The van der Waals surface area contributed by atoms with Crippen LogP contribution in [0.1, 0.15) is 25.7 Å². The van der Waals surface area contributed by atoms with Crippen LogP contribution >= 0.6 is 31.9 Å². The Balaban J connectivity index is 2.67. The molecule has 0 amide bonds. The molecule has 0 atom stereocenters. The maximum Gasteiger partial charge on any atom is 0.271 e. The van der Waals surface area contributed by atoms with E-state index in [4.69, 9.17) is 4.74 Å². The first-order valence-corrected chi connectivity index (χ1v) is 9.20. The minimum atomic E-state index is -0.391. The highest BCUT2D eigenvalue weighted by atomic mass is 79.9. The van der Waals surface area contributed by atoms with Gasteiger partial charge in [-0.05, 0) is 31.7 Å². The van der Waals surface area contributed by atoms with Crippen molar-refractivity contribution in [3.05, 3.63) is 28.3 Å². The van der Waals surface area contributed by atoms with Crippen molar-refractivity contribution in [2.75, 3.05) is 29.1 Å². The van der Waals surface area contributed by atoms with Gasteiger partial charge < -0.3 is 10.1 Å². The number of nitrogens with zero attached hydrogens (tertiary/aromatic N) is 1. The van der Waals surface area contributed by atoms with Gasteiger partial charge >= 0.3 is 0 Å². The molecule has 1 N–H and O–H groups in total. The minimum Gasteiger partial charge on any atom is -0.491 e. The van der Waals surface area contributed by atoms with Crippen molar-refractivity contribution < 1.29 is 9.66 Å². The number of nitrogens with one attached hydrogen (secondary N) is 1. The summed E-state index contributed by atoms with van der Waals surface area (Å²) in [4.78, 5) is 10.5. The van der Waals surface area contributed by atoms with Crippen LogP contribution in [0.25, 0.3) is 0 Å². The molecule has 0 saturated heterocycles. The van der Waals surface area contributed by atoms with Crippen molar-refractivity contribution in [2.24, 2.45) is 0 Å². The predicted molar refractivity (Wildman–Crippen MR) is 93.1 cm³/mol. The summed E-state index contributed by atoms with van der Waals surface area (Å²) in [6.45, 7) is 1.38. The fraction of sp³-hybridized carbons (Fsp3) is 0.571. The molecule has 0 heterocycles. The van der Waals surface area contributed by atoms with Gasteiger partial charge in [-0.1, -0.05) is 31.9 Å². The van der Waals surface area contributed by atoms with Crippen molar-refractivity contribution in [3.63, 3.8) is 0 Å². The first kappa shape index (κ1) is 18.2. The van der Waals surface area contributed by atoms with E-state index in [9.17, 15) is 10.1 Å². The van der Waals surface area contributed by atoms with Gasteiger partial charge in [0.1, 0.15) is 5.75 Å². The molecular formula is C14H20Br2N2O3. The van der Waals surface area contributed by atoms with Gasteiger partial charge in [-0.3, -0.25) is 10.1 Å². The van der Waals surface area contributed by atoms with Crippen LogP contribution in [-0.4, -0.2) is 28.7 Å². The quantitative estimate of drug-likeness (QED) is 0.241. The van der Waals surface area contributed by atoms with Crippen LogP contribution in [-0.2, 0) is 0 Å². The van der Waals surface area contributed by atoms with E-state index in [0.29, 0.717) is 18.0 Å². The molecule has 0 bridgehead atoms. The zero-order valence-corrected chi connectivity index (χ0v) is 15.0. The average Bonchev–Trinajstić information content (AvgIpc) is 2.48. The first-order chi connectivity index (χ1) is 10.2. The second-order valence-corrected chi connectivity index (χ2v) is 6.09. The predicted octanol–water partition coefficient (Wildman–Crippen LogP) is 4.74. The van der Waals surface area contributed by atoms with Crippen LogP contribution in [0.2, 0.25) is 0 Å². The molecule has 21 heavy (non-hydrogen) atoms. The van der Waals surface area contributed by atoms with Crippen LogP contribution in [0, 0.1) is 10.1 Å². The van der Waals surface area contributed by atoms with E-state index in [1.54, 1.807) is 6.07 Å². The second-order valence-electron chi connectivity index (χ2n) is 4.50. The summed E-state index contributed by atoms with van der Waals surface area (Å²) in [6.07, 6.45) is 4.05. The number of unbranched alkanes of at least 4 members (excludes halogenated alkanes) is 2. The molecule has 0 spiro atoms. The monoisotopic (exact) mass is 422 g/mol. The molecule has 0 aromatic heterocycles. The molecule has 0 aliphatic carbocycles. The summed E-state index contributed by atoms with van der Waals surface area (Å²) >= 11 is 6.76. The van der Waals surface area contributed by atoms with Gasteiger partial charge in [-0.15, -0.1) is 0 Å². The van der Waals surface area contributed by atoms with Crippen LogP contribution < -0.4 is 10.1 Å². The summed E-state index contributed by atoms with van der Waals surface area (Å²) in [5.74, 6) is 0.675. The lowest BCUT2D eigenvalue weighted by atomic mass is 10.2. The summed E-state index contributed by atoms with van der Waals surface area (Å²) in [7, 11) is 0. The van der Waals surface area contributed by atoms with Crippen molar-refractivity contribution in [1.82, 2.24) is 0 Å². The second kappa shape index (κ2) is 10.8. The summed E-state index contributed by atoms with van der Waals surface area (Å²) in [5, 5.41) is 16.0. The van der Waals surface area contributed by atoms with E-state index in [0.717, 1.165) is 42.9 Å². The van der Waals surface area contributed by atoms with Crippen molar-refractivity contribution in [3.8, 4) is 5.75 Å². The number of non-ortho nitro benzene ring substituents is 1. The largest absolute Gasteiger partial charge is 0.491 e. The Labute approximate surface area is 141 Å². The fourth-order valence-electron chi connectivity index (χ4n) is 1.72. The number of anilines is 1. The lowest BCUT2D eigenvalue weighted by Gasteiger charge is -2.13. The lowest BCUT2D eigenvalue weighted by Crippen LogP contribution is -2.06. The summed E-state index contributed by atoms with van der Waals surface area (Å²) in [5.41, 5.74) is 0.767. The summed E-state index contributed by atoms with van der Waals surface area (Å²) in [6, 6.07) is 4.68. The Bertz CT molecular complexity index is 444. The van der Waals surface area contributed by atoms with Crippen molar-refractivity contribution >= 4 is 43.2 Å². The molecule has 0 aliphatic heterocycles. The van der Waals surface area contributed by atoms with Gasteiger partial charge in [0.15, 0.2) is 0 Å². The van der Waals surface area contributed by atoms with E-state index >= 15 is 0 Å². The van der Waals surface area contributed by atoms with Crippen LogP contribution in [0.3, 0.4) is 0 Å². The third-order valence-corrected chi connectivity index (χ3v) is 3.96. The fourth-order valence-corrected chi connectivity index (χ4v) is 2.51. The highest BCUT2D eigenvalue weighted by Gasteiger charge is 2.11. The van der Waals surface area contributed by atoms with Gasteiger partial charge in [-0.2, -0.15) is 0 Å². The standard InChI is InChI=1S/C14H20Br2N2O3/c15-7-1-3-9-17-13-11-12(18(19)20)5-6-14(13)21-10-4-2-8-16/h5-6,11,17H,1-4,7-10H2. The average molecular weight is 424 g/mol. The highest BCUT2D eigenvalue weighted by Crippen LogP contribution is 2.29. The van der Waals surface area contributed by atoms with E-state index in [-0.39, 0.29) is 5.69 Å². The van der Waals surface area contributed by atoms with Gasteiger partial charge in [0.05, 0.1) is 17.2 Å². The number of hydrogen-bond acceptors (Lipinski definition) is 4. The van der Waals surface area contributed by atoms with E-state index in [2.05, 4.69) is 37.2 Å². The third kappa shape index (κ3) is 7.13. The molecule has 1 aromatic carbocycles. The SMILES string of the molecule is O=[N+]([O-])c1ccc(OCCCCBr)c(NCCCCBr)c1. The molecule has 0 fully saturated rings. The molecule has 0 unspecified atom stereocenters. The normalized spacial score (nSPS) is 10.4.